The molecule has 0 saturated heterocycles. The maximum absolute atomic E-state index is 12.7. The number of hydrogen-bond donors (Lipinski definition) is 0. The minimum atomic E-state index is -1.20. The van der Waals surface area contributed by atoms with Crippen LogP contribution in [0, 0.1) is 0 Å². The van der Waals surface area contributed by atoms with Gasteiger partial charge in [0.2, 0.25) is 0 Å². The van der Waals surface area contributed by atoms with E-state index in [0.717, 1.165) is 42.3 Å². The third-order valence-corrected chi connectivity index (χ3v) is 4.12. The van der Waals surface area contributed by atoms with Gasteiger partial charge >= 0.3 is 35.8 Å². The van der Waals surface area contributed by atoms with Crippen molar-refractivity contribution < 1.29 is 57.2 Å². The zero-order valence-corrected chi connectivity index (χ0v) is 18.3. The standard InChI is InChI=1S/C20H22O12/c1-9(21)31-7-11-12(8-32-10(2)22)14(18(24)28-4)16(20(26)30-6)15(19(25)29-5)13(11)17(23)27-3/h7-8H2,1-6H3. The molecule has 12 heteroatoms. The van der Waals surface area contributed by atoms with Gasteiger partial charge in [0.15, 0.2) is 0 Å². The largest absolute Gasteiger partial charge is 0.465 e. The Labute approximate surface area is 182 Å². The number of methoxy groups -OCH3 is 4. The molecule has 0 aliphatic carbocycles. The van der Waals surface area contributed by atoms with Crippen molar-refractivity contribution in [2.75, 3.05) is 28.4 Å². The molecule has 0 radical (unpaired) electrons. The molecule has 0 atom stereocenters. The maximum atomic E-state index is 12.7. The van der Waals surface area contributed by atoms with Crippen LogP contribution in [-0.4, -0.2) is 64.3 Å². The van der Waals surface area contributed by atoms with Gasteiger partial charge < -0.3 is 28.4 Å². The van der Waals surface area contributed by atoms with Crippen molar-refractivity contribution in [3.63, 3.8) is 0 Å². The van der Waals surface area contributed by atoms with Crippen LogP contribution < -0.4 is 0 Å². The molecule has 0 unspecified atom stereocenters. The third-order valence-electron chi connectivity index (χ3n) is 4.12. The van der Waals surface area contributed by atoms with E-state index in [4.69, 9.17) is 28.4 Å². The van der Waals surface area contributed by atoms with Crippen LogP contribution >= 0.6 is 0 Å². The van der Waals surface area contributed by atoms with Crippen molar-refractivity contribution in [3.05, 3.63) is 33.4 Å². The van der Waals surface area contributed by atoms with Gasteiger partial charge in [0.1, 0.15) is 13.2 Å². The molecule has 0 aromatic heterocycles. The normalized spacial score (nSPS) is 9.94. The van der Waals surface area contributed by atoms with E-state index in [1.807, 2.05) is 0 Å². The first kappa shape index (κ1) is 26.1. The molecule has 0 saturated carbocycles. The Morgan fingerprint density at radius 3 is 0.969 bits per heavy atom. The fourth-order valence-electron chi connectivity index (χ4n) is 2.79. The fraction of sp³-hybridized carbons (Fsp3) is 0.400. The molecule has 32 heavy (non-hydrogen) atoms. The zero-order chi connectivity index (χ0) is 24.6. The van der Waals surface area contributed by atoms with Gasteiger partial charge in [0, 0.05) is 25.0 Å². The minimum Gasteiger partial charge on any atom is -0.465 e. The first-order chi connectivity index (χ1) is 15.0. The summed E-state index contributed by atoms with van der Waals surface area (Å²) in [4.78, 5) is 73.5. The molecule has 174 valence electrons. The molecule has 0 bridgehead atoms. The average Bonchev–Trinajstić information content (AvgIpc) is 2.77. The van der Waals surface area contributed by atoms with Gasteiger partial charge in [-0.3, -0.25) is 9.59 Å². The number of benzene rings is 1. The minimum absolute atomic E-state index is 0.234. The maximum Gasteiger partial charge on any atom is 0.339 e. The molecule has 0 fully saturated rings. The quantitative estimate of drug-likeness (QED) is 0.405. The molecular weight excluding hydrogens is 432 g/mol. The Balaban J connectivity index is 4.34. The lowest BCUT2D eigenvalue weighted by atomic mass is 9.86. The number of hydrogen-bond acceptors (Lipinski definition) is 12. The van der Waals surface area contributed by atoms with Crippen LogP contribution in [-0.2, 0) is 51.2 Å². The second-order valence-electron chi connectivity index (χ2n) is 5.98. The molecule has 0 heterocycles. The van der Waals surface area contributed by atoms with Crippen molar-refractivity contribution in [2.45, 2.75) is 27.1 Å². The van der Waals surface area contributed by atoms with Gasteiger partial charge in [0.05, 0.1) is 50.7 Å². The molecule has 1 aromatic rings. The zero-order valence-electron chi connectivity index (χ0n) is 18.3. The van der Waals surface area contributed by atoms with Gasteiger partial charge in [-0.25, -0.2) is 19.2 Å². The molecule has 0 aliphatic heterocycles. The summed E-state index contributed by atoms with van der Waals surface area (Å²) < 4.78 is 28.8. The SMILES string of the molecule is COC(=O)c1c(COC(C)=O)c(COC(C)=O)c(C(=O)OC)c(C(=O)OC)c1C(=O)OC. The first-order valence-electron chi connectivity index (χ1n) is 8.87. The van der Waals surface area contributed by atoms with E-state index < -0.39 is 71.3 Å². The molecule has 0 amide bonds. The van der Waals surface area contributed by atoms with E-state index in [1.54, 1.807) is 0 Å². The molecule has 0 N–H and O–H groups in total. The van der Waals surface area contributed by atoms with Gasteiger partial charge in [-0.15, -0.1) is 0 Å². The predicted molar refractivity (Wildman–Crippen MR) is 103 cm³/mol. The average molecular weight is 454 g/mol. The summed E-state index contributed by atoms with van der Waals surface area (Å²) in [5.41, 5.74) is -2.92. The molecule has 12 nitrogen and oxygen atoms in total. The van der Waals surface area contributed by atoms with Crippen molar-refractivity contribution >= 4 is 35.8 Å². The lowest BCUT2D eigenvalue weighted by Crippen LogP contribution is -2.27. The van der Waals surface area contributed by atoms with Crippen LogP contribution in [0.15, 0.2) is 0 Å². The lowest BCUT2D eigenvalue weighted by molar-refractivity contribution is -0.144. The van der Waals surface area contributed by atoms with Crippen molar-refractivity contribution in [2.24, 2.45) is 0 Å². The molecular formula is C20H22O12. The Kier molecular flexibility index (Phi) is 9.32. The summed E-state index contributed by atoms with van der Waals surface area (Å²) in [5, 5.41) is 0. The van der Waals surface area contributed by atoms with E-state index in [1.165, 1.54) is 0 Å². The van der Waals surface area contributed by atoms with Crippen LogP contribution in [0.4, 0.5) is 0 Å². The number of esters is 6. The van der Waals surface area contributed by atoms with E-state index >= 15 is 0 Å². The second kappa shape index (κ2) is 11.4. The summed E-state index contributed by atoms with van der Waals surface area (Å²) >= 11 is 0. The van der Waals surface area contributed by atoms with Crippen LogP contribution in [0.2, 0.25) is 0 Å². The van der Waals surface area contributed by atoms with Crippen LogP contribution in [0.3, 0.4) is 0 Å². The predicted octanol–water partition coefficient (Wildman–Crippen LogP) is 0.959. The van der Waals surface area contributed by atoms with Crippen LogP contribution in [0.5, 0.6) is 0 Å². The van der Waals surface area contributed by atoms with Crippen molar-refractivity contribution in [1.82, 2.24) is 0 Å². The molecule has 0 aliphatic rings. The van der Waals surface area contributed by atoms with Gasteiger partial charge in [-0.2, -0.15) is 0 Å². The van der Waals surface area contributed by atoms with E-state index in [9.17, 15) is 28.8 Å². The summed E-state index contributed by atoms with van der Waals surface area (Å²) in [5.74, 6) is -6.18. The third kappa shape index (κ3) is 5.59. The van der Waals surface area contributed by atoms with E-state index in [-0.39, 0.29) is 11.1 Å². The van der Waals surface area contributed by atoms with Gasteiger partial charge in [-0.1, -0.05) is 0 Å². The molecule has 1 rings (SSSR count). The van der Waals surface area contributed by atoms with Crippen LogP contribution in [0.1, 0.15) is 66.4 Å². The first-order valence-corrected chi connectivity index (χ1v) is 8.87. The smallest absolute Gasteiger partial charge is 0.339 e. The summed E-state index contributed by atoms with van der Waals surface area (Å²) in [6.45, 7) is 0.862. The Morgan fingerprint density at radius 2 is 0.750 bits per heavy atom. The lowest BCUT2D eigenvalue weighted by Gasteiger charge is -2.22. The van der Waals surface area contributed by atoms with Gasteiger partial charge in [-0.05, 0) is 0 Å². The monoisotopic (exact) mass is 454 g/mol. The number of rotatable bonds is 8. The second-order valence-corrected chi connectivity index (χ2v) is 5.98. The van der Waals surface area contributed by atoms with Crippen LogP contribution in [0.25, 0.3) is 0 Å². The Morgan fingerprint density at radius 1 is 0.500 bits per heavy atom. The number of carbonyl (C=O) groups is 6. The summed E-state index contributed by atoms with van der Waals surface area (Å²) in [6, 6.07) is 0. The highest BCUT2D eigenvalue weighted by Gasteiger charge is 2.38. The number of ether oxygens (including phenoxy) is 6. The Bertz CT molecular complexity index is 883. The molecule has 0 spiro atoms. The highest BCUT2D eigenvalue weighted by atomic mass is 16.5. The highest BCUT2D eigenvalue weighted by molar-refractivity contribution is 6.16. The van der Waals surface area contributed by atoms with Gasteiger partial charge in [0.25, 0.3) is 0 Å². The van der Waals surface area contributed by atoms with E-state index in [0.29, 0.717) is 0 Å². The highest BCUT2D eigenvalue weighted by Crippen LogP contribution is 2.33. The topological polar surface area (TPSA) is 158 Å². The van der Waals surface area contributed by atoms with E-state index in [2.05, 4.69) is 0 Å². The van der Waals surface area contributed by atoms with Crippen molar-refractivity contribution in [3.8, 4) is 0 Å². The fourth-order valence-corrected chi connectivity index (χ4v) is 2.79. The van der Waals surface area contributed by atoms with Crippen molar-refractivity contribution in [1.29, 1.82) is 0 Å². The summed E-state index contributed by atoms with van der Waals surface area (Å²) in [7, 11) is 3.94. The summed E-state index contributed by atoms with van der Waals surface area (Å²) in [6.07, 6.45) is 0. The Hall–Kier alpha value is -3.96. The number of carbonyl (C=O) groups excluding carboxylic acids is 6. The molecule has 1 aromatic carbocycles.